The summed E-state index contributed by atoms with van der Waals surface area (Å²) in [5.41, 5.74) is -0.000736. The standard InChI is InChI=1S/C15H13F3N2O3/c1-8-13(22-10(3)19-8)9(2)20-23-14(21)11-4-6-12(7-5-11)15(16,17)18/h4-7H,1-3H3. The molecule has 0 bridgehead atoms. The fraction of sp³-hybridized carbons (Fsp3) is 0.267. The molecule has 122 valence electrons. The van der Waals surface area contributed by atoms with Crippen molar-refractivity contribution >= 4 is 11.7 Å². The lowest BCUT2D eigenvalue weighted by atomic mass is 10.1. The van der Waals surface area contributed by atoms with Gasteiger partial charge in [-0.25, -0.2) is 9.78 Å². The van der Waals surface area contributed by atoms with Gasteiger partial charge >= 0.3 is 12.1 Å². The molecule has 0 saturated carbocycles. The third-order valence-electron chi connectivity index (χ3n) is 2.95. The van der Waals surface area contributed by atoms with Crippen LogP contribution >= 0.6 is 0 Å². The lowest BCUT2D eigenvalue weighted by Crippen LogP contribution is -2.07. The minimum atomic E-state index is -4.46. The van der Waals surface area contributed by atoms with Gasteiger partial charge in [-0.05, 0) is 38.1 Å². The first-order valence-corrected chi connectivity index (χ1v) is 6.56. The Bertz CT molecular complexity index is 746. The number of carbonyl (C=O) groups excluding carboxylic acids is 1. The minimum Gasteiger partial charge on any atom is -0.439 e. The highest BCUT2D eigenvalue weighted by Gasteiger charge is 2.30. The third kappa shape index (κ3) is 3.97. The predicted octanol–water partition coefficient (Wildman–Crippen LogP) is 3.89. The zero-order valence-electron chi connectivity index (χ0n) is 12.6. The van der Waals surface area contributed by atoms with Crippen LogP contribution in [0.15, 0.2) is 33.8 Å². The number of oxazole rings is 1. The first-order chi connectivity index (χ1) is 10.7. The Labute approximate surface area is 129 Å². The van der Waals surface area contributed by atoms with Gasteiger partial charge in [0.05, 0.1) is 16.8 Å². The number of oxime groups is 1. The molecule has 0 spiro atoms. The molecule has 0 aliphatic heterocycles. The van der Waals surface area contributed by atoms with Crippen LogP contribution in [0.2, 0.25) is 0 Å². The largest absolute Gasteiger partial charge is 0.439 e. The van der Waals surface area contributed by atoms with Gasteiger partial charge < -0.3 is 9.25 Å². The summed E-state index contributed by atoms with van der Waals surface area (Å²) in [6.45, 7) is 4.94. The van der Waals surface area contributed by atoms with Gasteiger partial charge in [-0.15, -0.1) is 0 Å². The van der Waals surface area contributed by atoms with E-state index in [1.165, 1.54) is 0 Å². The number of carbonyl (C=O) groups is 1. The van der Waals surface area contributed by atoms with Crippen molar-refractivity contribution in [2.24, 2.45) is 5.16 Å². The predicted molar refractivity (Wildman–Crippen MR) is 75.0 cm³/mol. The summed E-state index contributed by atoms with van der Waals surface area (Å²) in [4.78, 5) is 20.5. The van der Waals surface area contributed by atoms with Gasteiger partial charge in [0.15, 0.2) is 11.7 Å². The molecular weight excluding hydrogens is 313 g/mol. The van der Waals surface area contributed by atoms with Crippen LogP contribution in [0, 0.1) is 13.8 Å². The van der Waals surface area contributed by atoms with E-state index in [9.17, 15) is 18.0 Å². The summed E-state index contributed by atoms with van der Waals surface area (Å²) >= 11 is 0. The van der Waals surface area contributed by atoms with Crippen LogP contribution in [-0.2, 0) is 11.0 Å². The Balaban J connectivity index is 2.10. The average Bonchev–Trinajstić information content (AvgIpc) is 2.82. The van der Waals surface area contributed by atoms with E-state index in [4.69, 9.17) is 9.25 Å². The molecule has 1 aromatic carbocycles. The fourth-order valence-electron chi connectivity index (χ4n) is 1.87. The minimum absolute atomic E-state index is 0.0416. The summed E-state index contributed by atoms with van der Waals surface area (Å²) in [6.07, 6.45) is -4.46. The molecule has 1 aromatic heterocycles. The Hall–Kier alpha value is -2.64. The van der Waals surface area contributed by atoms with Crippen molar-refractivity contribution in [1.29, 1.82) is 0 Å². The molecule has 0 saturated heterocycles. The van der Waals surface area contributed by atoms with Crippen molar-refractivity contribution in [3.05, 3.63) is 52.7 Å². The molecule has 0 atom stereocenters. The van der Waals surface area contributed by atoms with Crippen LogP contribution in [-0.4, -0.2) is 16.7 Å². The van der Waals surface area contributed by atoms with Crippen LogP contribution in [0.4, 0.5) is 13.2 Å². The lowest BCUT2D eigenvalue weighted by molar-refractivity contribution is -0.137. The zero-order chi connectivity index (χ0) is 17.2. The highest BCUT2D eigenvalue weighted by Crippen LogP contribution is 2.29. The Morgan fingerprint density at radius 3 is 2.30 bits per heavy atom. The molecule has 0 fully saturated rings. The summed E-state index contributed by atoms with van der Waals surface area (Å²) in [5, 5.41) is 3.63. The summed E-state index contributed by atoms with van der Waals surface area (Å²) in [7, 11) is 0. The van der Waals surface area contributed by atoms with Gasteiger partial charge in [0.25, 0.3) is 0 Å². The molecule has 1 heterocycles. The highest BCUT2D eigenvalue weighted by molar-refractivity contribution is 5.97. The normalized spacial score (nSPS) is 12.3. The highest BCUT2D eigenvalue weighted by atomic mass is 19.4. The van der Waals surface area contributed by atoms with E-state index in [0.29, 0.717) is 23.1 Å². The van der Waals surface area contributed by atoms with Crippen LogP contribution in [0.25, 0.3) is 0 Å². The first kappa shape index (κ1) is 16.7. The average molecular weight is 326 g/mol. The Morgan fingerprint density at radius 1 is 1.22 bits per heavy atom. The summed E-state index contributed by atoms with van der Waals surface area (Å²) in [5.74, 6) is -0.0456. The molecule has 0 aliphatic carbocycles. The molecule has 2 rings (SSSR count). The van der Waals surface area contributed by atoms with Crippen LogP contribution in [0.3, 0.4) is 0 Å². The number of aromatic nitrogens is 1. The number of alkyl halides is 3. The van der Waals surface area contributed by atoms with Gasteiger partial charge in [-0.1, -0.05) is 5.16 Å². The number of halogens is 3. The van der Waals surface area contributed by atoms with Crippen LogP contribution < -0.4 is 0 Å². The second-order valence-corrected chi connectivity index (χ2v) is 4.78. The quantitative estimate of drug-likeness (QED) is 0.487. The third-order valence-corrected chi connectivity index (χ3v) is 2.95. The Kier molecular flexibility index (Phi) is 4.53. The number of benzene rings is 1. The van der Waals surface area contributed by atoms with Gasteiger partial charge in [-0.2, -0.15) is 13.2 Å². The monoisotopic (exact) mass is 326 g/mol. The van der Waals surface area contributed by atoms with Crippen molar-refractivity contribution in [3.8, 4) is 0 Å². The van der Waals surface area contributed by atoms with E-state index in [0.717, 1.165) is 24.3 Å². The van der Waals surface area contributed by atoms with Crippen LogP contribution in [0.5, 0.6) is 0 Å². The summed E-state index contributed by atoms with van der Waals surface area (Å²) < 4.78 is 42.7. The van der Waals surface area contributed by atoms with Gasteiger partial charge in [0.2, 0.25) is 0 Å². The molecular formula is C15H13F3N2O3. The van der Waals surface area contributed by atoms with E-state index in [1.807, 2.05) is 0 Å². The number of aryl methyl sites for hydroxylation is 2. The van der Waals surface area contributed by atoms with E-state index >= 15 is 0 Å². The lowest BCUT2D eigenvalue weighted by Gasteiger charge is -2.06. The van der Waals surface area contributed by atoms with Crippen molar-refractivity contribution in [3.63, 3.8) is 0 Å². The number of nitrogens with zero attached hydrogens (tertiary/aromatic N) is 2. The molecule has 2 aromatic rings. The maximum Gasteiger partial charge on any atom is 0.416 e. The maximum atomic E-state index is 12.4. The molecule has 0 aliphatic rings. The topological polar surface area (TPSA) is 64.7 Å². The van der Waals surface area contributed by atoms with Crippen molar-refractivity contribution in [2.75, 3.05) is 0 Å². The molecule has 8 heteroatoms. The van der Waals surface area contributed by atoms with Gasteiger partial charge in [0.1, 0.15) is 5.71 Å². The second kappa shape index (κ2) is 6.23. The van der Waals surface area contributed by atoms with Crippen molar-refractivity contribution in [1.82, 2.24) is 4.98 Å². The van der Waals surface area contributed by atoms with Crippen molar-refractivity contribution < 1.29 is 27.2 Å². The maximum absolute atomic E-state index is 12.4. The summed E-state index contributed by atoms with van der Waals surface area (Å²) in [6, 6.07) is 3.66. The first-order valence-electron chi connectivity index (χ1n) is 6.56. The fourth-order valence-corrected chi connectivity index (χ4v) is 1.87. The van der Waals surface area contributed by atoms with E-state index in [-0.39, 0.29) is 5.56 Å². The number of rotatable bonds is 3. The second-order valence-electron chi connectivity index (χ2n) is 4.78. The molecule has 5 nitrogen and oxygen atoms in total. The van der Waals surface area contributed by atoms with Crippen LogP contribution in [0.1, 0.15) is 40.2 Å². The molecule has 0 radical (unpaired) electrons. The number of hydrogen-bond donors (Lipinski definition) is 0. The molecule has 0 amide bonds. The molecule has 0 unspecified atom stereocenters. The Morgan fingerprint density at radius 2 is 1.83 bits per heavy atom. The van der Waals surface area contributed by atoms with Crippen molar-refractivity contribution in [2.45, 2.75) is 26.9 Å². The zero-order valence-corrected chi connectivity index (χ0v) is 12.6. The van der Waals surface area contributed by atoms with E-state index in [1.54, 1.807) is 20.8 Å². The smallest absolute Gasteiger partial charge is 0.416 e. The SMILES string of the molecule is CC(=NOC(=O)c1ccc(C(F)(F)F)cc1)c1oc(C)nc1C. The number of hydrogen-bond acceptors (Lipinski definition) is 5. The van der Waals surface area contributed by atoms with E-state index in [2.05, 4.69) is 10.1 Å². The molecule has 23 heavy (non-hydrogen) atoms. The van der Waals surface area contributed by atoms with Gasteiger partial charge in [0, 0.05) is 6.92 Å². The molecule has 0 N–H and O–H groups in total. The van der Waals surface area contributed by atoms with E-state index < -0.39 is 17.7 Å². The van der Waals surface area contributed by atoms with Gasteiger partial charge in [-0.3, -0.25) is 0 Å².